The lowest BCUT2D eigenvalue weighted by atomic mass is 9.93. The van der Waals surface area contributed by atoms with Crippen molar-refractivity contribution < 1.29 is 18.7 Å². The molecule has 2 heterocycles. The van der Waals surface area contributed by atoms with E-state index < -0.39 is 11.6 Å². The van der Waals surface area contributed by atoms with E-state index in [1.165, 1.54) is 18.2 Å². The van der Waals surface area contributed by atoms with Crippen molar-refractivity contribution in [2.24, 2.45) is 0 Å². The summed E-state index contributed by atoms with van der Waals surface area (Å²) in [7, 11) is 1.51. The SMILES string of the molecule is COCCNC(=O)C1(F)CCCN(C(=O)c2ccc(C)nc2)C1. The summed E-state index contributed by atoms with van der Waals surface area (Å²) in [6.07, 6.45) is 2.03. The lowest BCUT2D eigenvalue weighted by molar-refractivity contribution is -0.136. The summed E-state index contributed by atoms with van der Waals surface area (Å²) in [5.74, 6) is -0.988. The van der Waals surface area contributed by atoms with Crippen molar-refractivity contribution in [2.75, 3.05) is 33.4 Å². The third-order valence-electron chi connectivity index (χ3n) is 3.89. The molecule has 0 saturated carbocycles. The summed E-state index contributed by atoms with van der Waals surface area (Å²) in [6, 6.07) is 3.40. The molecule has 2 rings (SSSR count). The van der Waals surface area contributed by atoms with E-state index >= 15 is 0 Å². The van der Waals surface area contributed by atoms with Gasteiger partial charge in [-0.3, -0.25) is 14.6 Å². The molecule has 7 heteroatoms. The Morgan fingerprint density at radius 2 is 2.26 bits per heavy atom. The van der Waals surface area contributed by atoms with Gasteiger partial charge in [0.15, 0.2) is 0 Å². The lowest BCUT2D eigenvalue weighted by Crippen LogP contribution is -2.56. The number of aryl methyl sites for hydroxylation is 1. The van der Waals surface area contributed by atoms with Crippen molar-refractivity contribution in [3.63, 3.8) is 0 Å². The van der Waals surface area contributed by atoms with Crippen molar-refractivity contribution in [1.82, 2.24) is 15.2 Å². The Labute approximate surface area is 135 Å². The number of piperidine rings is 1. The van der Waals surface area contributed by atoms with Crippen LogP contribution in [0.2, 0.25) is 0 Å². The minimum absolute atomic E-state index is 0.113. The molecule has 1 aromatic rings. The molecule has 1 aliphatic rings. The monoisotopic (exact) mass is 323 g/mol. The minimum atomic E-state index is -2.06. The molecule has 0 aliphatic carbocycles. The first-order valence-corrected chi connectivity index (χ1v) is 7.64. The zero-order valence-corrected chi connectivity index (χ0v) is 13.5. The van der Waals surface area contributed by atoms with E-state index in [9.17, 15) is 14.0 Å². The maximum Gasteiger partial charge on any atom is 0.259 e. The van der Waals surface area contributed by atoms with Gasteiger partial charge in [0.2, 0.25) is 5.67 Å². The van der Waals surface area contributed by atoms with Gasteiger partial charge >= 0.3 is 0 Å². The molecule has 1 unspecified atom stereocenters. The number of methoxy groups -OCH3 is 1. The number of aromatic nitrogens is 1. The Hall–Kier alpha value is -2.02. The third-order valence-corrected chi connectivity index (χ3v) is 3.89. The Morgan fingerprint density at radius 3 is 2.91 bits per heavy atom. The van der Waals surface area contributed by atoms with Gasteiger partial charge in [-0.05, 0) is 31.9 Å². The van der Waals surface area contributed by atoms with Crippen LogP contribution in [0.5, 0.6) is 0 Å². The highest BCUT2D eigenvalue weighted by Gasteiger charge is 2.43. The first kappa shape index (κ1) is 17.3. The van der Waals surface area contributed by atoms with E-state index in [4.69, 9.17) is 4.74 Å². The van der Waals surface area contributed by atoms with E-state index in [-0.39, 0.29) is 25.4 Å². The van der Waals surface area contributed by atoms with Gasteiger partial charge in [0.25, 0.3) is 11.8 Å². The predicted molar refractivity (Wildman–Crippen MR) is 82.8 cm³/mol. The molecule has 23 heavy (non-hydrogen) atoms. The molecule has 1 aromatic heterocycles. The lowest BCUT2D eigenvalue weighted by Gasteiger charge is -2.36. The summed E-state index contributed by atoms with van der Waals surface area (Å²) in [5.41, 5.74) is -0.850. The van der Waals surface area contributed by atoms with Crippen molar-refractivity contribution in [2.45, 2.75) is 25.4 Å². The van der Waals surface area contributed by atoms with Gasteiger partial charge in [0, 0.05) is 32.1 Å². The molecule has 6 nitrogen and oxygen atoms in total. The van der Waals surface area contributed by atoms with Crippen LogP contribution in [0.3, 0.4) is 0 Å². The first-order chi connectivity index (χ1) is 11.0. The highest BCUT2D eigenvalue weighted by Crippen LogP contribution is 2.26. The van der Waals surface area contributed by atoms with Crippen LogP contribution in [0.1, 0.15) is 28.9 Å². The standard InChI is InChI=1S/C16H22FN3O3/c1-12-4-5-13(10-19-12)14(21)20-8-3-6-16(17,11-20)15(22)18-7-9-23-2/h4-5,10H,3,6-9,11H2,1-2H3,(H,18,22). The molecule has 1 fully saturated rings. The van der Waals surface area contributed by atoms with E-state index in [1.807, 2.05) is 6.92 Å². The van der Waals surface area contributed by atoms with Crippen LogP contribution in [0.25, 0.3) is 0 Å². The van der Waals surface area contributed by atoms with E-state index in [0.717, 1.165) is 5.69 Å². The molecule has 0 radical (unpaired) electrons. The third kappa shape index (κ3) is 4.25. The zero-order chi connectivity index (χ0) is 16.9. The van der Waals surface area contributed by atoms with E-state index in [2.05, 4.69) is 10.3 Å². The summed E-state index contributed by atoms with van der Waals surface area (Å²) in [5, 5.41) is 2.51. The molecule has 0 spiro atoms. The number of halogens is 1. The molecular weight excluding hydrogens is 301 g/mol. The zero-order valence-electron chi connectivity index (χ0n) is 13.5. The molecule has 1 aliphatic heterocycles. The number of pyridine rings is 1. The van der Waals surface area contributed by atoms with Crippen LogP contribution >= 0.6 is 0 Å². The Bertz CT molecular complexity index is 564. The van der Waals surface area contributed by atoms with Crippen LogP contribution in [-0.4, -0.2) is 60.7 Å². The second-order valence-electron chi connectivity index (χ2n) is 5.73. The van der Waals surface area contributed by atoms with Gasteiger partial charge in [-0.15, -0.1) is 0 Å². The average molecular weight is 323 g/mol. The highest BCUT2D eigenvalue weighted by molar-refractivity contribution is 5.95. The molecule has 1 saturated heterocycles. The van der Waals surface area contributed by atoms with Gasteiger partial charge in [-0.25, -0.2) is 4.39 Å². The fourth-order valence-corrected chi connectivity index (χ4v) is 2.57. The number of ether oxygens (including phenoxy) is 1. The van der Waals surface area contributed by atoms with E-state index in [0.29, 0.717) is 25.1 Å². The minimum Gasteiger partial charge on any atom is -0.383 e. The predicted octanol–water partition coefficient (Wildman–Crippen LogP) is 1.10. The summed E-state index contributed by atoms with van der Waals surface area (Å²) in [6.45, 7) is 2.59. The second-order valence-corrected chi connectivity index (χ2v) is 5.73. The van der Waals surface area contributed by atoms with Crippen LogP contribution in [0.4, 0.5) is 4.39 Å². The normalized spacial score (nSPS) is 21.1. The summed E-state index contributed by atoms with van der Waals surface area (Å²) < 4.78 is 19.8. The number of nitrogens with one attached hydrogen (secondary N) is 1. The van der Waals surface area contributed by atoms with Crippen molar-refractivity contribution in [3.8, 4) is 0 Å². The smallest absolute Gasteiger partial charge is 0.259 e. The average Bonchev–Trinajstić information content (AvgIpc) is 2.55. The first-order valence-electron chi connectivity index (χ1n) is 7.64. The quantitative estimate of drug-likeness (QED) is 0.824. The van der Waals surface area contributed by atoms with Crippen molar-refractivity contribution in [1.29, 1.82) is 0 Å². The Balaban J connectivity index is 2.03. The number of carbonyl (C=O) groups excluding carboxylic acids is 2. The molecule has 0 bridgehead atoms. The van der Waals surface area contributed by atoms with Crippen LogP contribution in [0.15, 0.2) is 18.3 Å². The number of hydrogen-bond donors (Lipinski definition) is 1. The van der Waals surface area contributed by atoms with Crippen LogP contribution < -0.4 is 5.32 Å². The second kappa shape index (κ2) is 7.50. The largest absolute Gasteiger partial charge is 0.383 e. The van der Waals surface area contributed by atoms with Gasteiger partial charge in [-0.1, -0.05) is 0 Å². The van der Waals surface area contributed by atoms with Crippen molar-refractivity contribution in [3.05, 3.63) is 29.6 Å². The number of nitrogens with zero attached hydrogens (tertiary/aromatic N) is 2. The molecule has 2 amide bonds. The number of likely N-dealkylation sites (tertiary alicyclic amines) is 1. The molecular formula is C16H22FN3O3. The number of carbonyl (C=O) groups is 2. The van der Waals surface area contributed by atoms with Crippen LogP contribution in [0, 0.1) is 6.92 Å². The Kier molecular flexibility index (Phi) is 5.65. The highest BCUT2D eigenvalue weighted by atomic mass is 19.1. The number of amides is 2. The topological polar surface area (TPSA) is 71.5 Å². The van der Waals surface area contributed by atoms with Gasteiger partial charge in [0.1, 0.15) is 0 Å². The number of hydrogen-bond acceptors (Lipinski definition) is 4. The van der Waals surface area contributed by atoms with Gasteiger partial charge in [-0.2, -0.15) is 0 Å². The van der Waals surface area contributed by atoms with Gasteiger partial charge < -0.3 is 15.0 Å². The fourth-order valence-electron chi connectivity index (χ4n) is 2.57. The number of alkyl halides is 1. The number of rotatable bonds is 5. The summed E-state index contributed by atoms with van der Waals surface area (Å²) in [4.78, 5) is 30.0. The fraction of sp³-hybridized carbons (Fsp3) is 0.562. The van der Waals surface area contributed by atoms with E-state index in [1.54, 1.807) is 12.1 Å². The Morgan fingerprint density at radius 1 is 1.48 bits per heavy atom. The molecule has 1 atom stereocenters. The van der Waals surface area contributed by atoms with Crippen molar-refractivity contribution >= 4 is 11.8 Å². The van der Waals surface area contributed by atoms with Gasteiger partial charge in [0.05, 0.1) is 18.7 Å². The molecule has 0 aromatic carbocycles. The summed E-state index contributed by atoms with van der Waals surface area (Å²) >= 11 is 0. The maximum absolute atomic E-state index is 14.9. The molecule has 126 valence electrons. The maximum atomic E-state index is 14.9. The molecule has 1 N–H and O–H groups in total. The van der Waals surface area contributed by atoms with Crippen LogP contribution in [-0.2, 0) is 9.53 Å².